The molecular weight excluding hydrogens is 596 g/mol. The fourth-order valence-electron chi connectivity index (χ4n) is 5.38. The van der Waals surface area contributed by atoms with Crippen molar-refractivity contribution in [2.75, 3.05) is 7.11 Å². The fourth-order valence-corrected chi connectivity index (χ4v) is 5.38. The maximum absolute atomic E-state index is 14.7. The van der Waals surface area contributed by atoms with E-state index in [1.165, 1.54) is 19.2 Å². The van der Waals surface area contributed by atoms with Gasteiger partial charge in [0.25, 0.3) is 0 Å². The Morgan fingerprint density at radius 1 is 0.930 bits per heavy atom. The minimum atomic E-state index is -5.09. The van der Waals surface area contributed by atoms with E-state index in [0.717, 1.165) is 18.2 Å². The number of rotatable bonds is 8. The summed E-state index contributed by atoms with van der Waals surface area (Å²) >= 11 is 0. The molecule has 43 heavy (non-hydrogen) atoms. The Kier molecular flexibility index (Phi) is 8.75. The summed E-state index contributed by atoms with van der Waals surface area (Å²) in [5, 5.41) is 14.0. The topological polar surface area (TPSA) is 41.5 Å². The van der Waals surface area contributed by atoms with Crippen LogP contribution in [0.25, 0.3) is 11.1 Å². The molecule has 3 nitrogen and oxygen atoms in total. The summed E-state index contributed by atoms with van der Waals surface area (Å²) < 4.78 is 142. The number of aliphatic hydroxyl groups excluding tert-OH is 1. The third kappa shape index (κ3) is 7.03. The molecular formula is C30H29F10NO2. The first-order valence-electron chi connectivity index (χ1n) is 13.3. The van der Waals surface area contributed by atoms with Gasteiger partial charge in [0.05, 0.1) is 24.4 Å². The second-order valence-electron chi connectivity index (χ2n) is 11.2. The van der Waals surface area contributed by atoms with Crippen molar-refractivity contribution in [3.8, 4) is 16.9 Å². The highest BCUT2D eigenvalue weighted by Crippen LogP contribution is 2.48. The van der Waals surface area contributed by atoms with Gasteiger partial charge in [0, 0.05) is 35.2 Å². The zero-order chi connectivity index (χ0) is 32.1. The monoisotopic (exact) mass is 625 g/mol. The summed E-state index contributed by atoms with van der Waals surface area (Å²) in [5.74, 6) is -2.37. The van der Waals surface area contributed by atoms with E-state index in [9.17, 15) is 49.0 Å². The molecule has 4 rings (SSSR count). The highest BCUT2D eigenvalue weighted by atomic mass is 19.4. The van der Waals surface area contributed by atoms with E-state index < -0.39 is 65.0 Å². The van der Waals surface area contributed by atoms with Gasteiger partial charge >= 0.3 is 18.5 Å². The second kappa shape index (κ2) is 11.5. The van der Waals surface area contributed by atoms with Crippen molar-refractivity contribution in [1.29, 1.82) is 0 Å². The Bertz CT molecular complexity index is 1420. The van der Waals surface area contributed by atoms with Crippen LogP contribution in [0, 0.1) is 11.7 Å². The van der Waals surface area contributed by atoms with Gasteiger partial charge < -0.3 is 15.2 Å². The quantitative estimate of drug-likeness (QED) is 0.289. The average molecular weight is 626 g/mol. The molecule has 2 atom stereocenters. The van der Waals surface area contributed by atoms with Gasteiger partial charge in [-0.3, -0.25) is 0 Å². The lowest BCUT2D eigenvalue weighted by molar-refractivity contribution is -0.137. The summed E-state index contributed by atoms with van der Waals surface area (Å²) in [6.07, 6.45) is -16.6. The number of hydrogen-bond donors (Lipinski definition) is 2. The Morgan fingerprint density at radius 3 is 2.09 bits per heavy atom. The molecule has 0 aromatic heterocycles. The first kappa shape index (κ1) is 32.8. The predicted octanol–water partition coefficient (Wildman–Crippen LogP) is 8.62. The summed E-state index contributed by atoms with van der Waals surface area (Å²) in [5.41, 5.74) is -4.46. The maximum atomic E-state index is 14.7. The van der Waals surface area contributed by atoms with E-state index in [1.807, 2.05) is 0 Å². The van der Waals surface area contributed by atoms with E-state index in [4.69, 9.17) is 4.74 Å². The molecule has 0 bridgehead atoms. The van der Waals surface area contributed by atoms with Crippen LogP contribution in [-0.4, -0.2) is 36.2 Å². The van der Waals surface area contributed by atoms with Gasteiger partial charge in [0.2, 0.25) is 0 Å². The normalized spacial score (nSPS) is 19.7. The predicted molar refractivity (Wildman–Crippen MR) is 139 cm³/mol. The first-order valence-corrected chi connectivity index (χ1v) is 13.3. The number of ether oxygens (including phenoxy) is 1. The van der Waals surface area contributed by atoms with Gasteiger partial charge in [-0.15, -0.1) is 0 Å². The Balaban J connectivity index is 1.70. The molecule has 2 aromatic carbocycles. The molecule has 1 saturated carbocycles. The highest BCUT2D eigenvalue weighted by Gasteiger charge is 2.53. The van der Waals surface area contributed by atoms with Crippen molar-refractivity contribution >= 4 is 0 Å². The smallest absolute Gasteiger partial charge is 0.416 e. The number of halogens is 10. The van der Waals surface area contributed by atoms with Gasteiger partial charge in [-0.1, -0.05) is 26.0 Å². The average Bonchev–Trinajstić information content (AvgIpc) is 3.70. The molecule has 0 spiro atoms. The lowest BCUT2D eigenvalue weighted by atomic mass is 9.82. The summed E-state index contributed by atoms with van der Waals surface area (Å²) in [7, 11) is 1.27. The fraction of sp³-hybridized carbons (Fsp3) is 0.467. The zero-order valence-electron chi connectivity index (χ0n) is 23.2. The van der Waals surface area contributed by atoms with Gasteiger partial charge in [-0.25, -0.2) is 4.39 Å². The molecule has 0 heterocycles. The summed E-state index contributed by atoms with van der Waals surface area (Å²) in [6.45, 7) is 3.12. The van der Waals surface area contributed by atoms with Crippen LogP contribution in [0.15, 0.2) is 53.6 Å². The molecule has 236 valence electrons. The number of methoxy groups -OCH3 is 1. The van der Waals surface area contributed by atoms with Crippen LogP contribution in [0.1, 0.15) is 55.7 Å². The van der Waals surface area contributed by atoms with Gasteiger partial charge in [-0.2, -0.15) is 39.5 Å². The van der Waals surface area contributed by atoms with Crippen LogP contribution >= 0.6 is 0 Å². The lowest BCUT2D eigenvalue weighted by Crippen LogP contribution is -2.46. The number of benzene rings is 2. The zero-order valence-corrected chi connectivity index (χ0v) is 23.2. The minimum Gasteiger partial charge on any atom is -0.496 e. The van der Waals surface area contributed by atoms with Crippen molar-refractivity contribution in [3.05, 3.63) is 76.1 Å². The van der Waals surface area contributed by atoms with Crippen LogP contribution < -0.4 is 10.1 Å². The Hall–Kier alpha value is -3.06. The third-order valence-electron chi connectivity index (χ3n) is 7.93. The number of nitrogens with one attached hydrogen (secondary N) is 1. The molecule has 0 aliphatic heterocycles. The molecule has 13 heteroatoms. The van der Waals surface area contributed by atoms with Crippen molar-refractivity contribution in [2.24, 2.45) is 5.92 Å². The molecule has 2 aliphatic carbocycles. The Labute approximate surface area is 241 Å². The standard InChI is InChI=1S/C30H29F10NO2/c1-15(2)22-12-23(25(43-3)13-24(22)31)21-5-4-18(28(32,33)34)10-17(21)14-41-27(6-7-27)26(42)16-8-19(29(35,36)37)11-20(9-16)30(38,39)40/h4-5,8,10-13,15-16,26,41-42H,6-7,9,14H2,1-3H3. The van der Waals surface area contributed by atoms with Crippen molar-refractivity contribution in [1.82, 2.24) is 5.32 Å². The van der Waals surface area contributed by atoms with E-state index in [0.29, 0.717) is 6.08 Å². The van der Waals surface area contributed by atoms with E-state index in [1.54, 1.807) is 13.8 Å². The summed E-state index contributed by atoms with van der Waals surface area (Å²) in [6, 6.07) is 5.47. The van der Waals surface area contributed by atoms with Crippen molar-refractivity contribution < 1.29 is 53.7 Å². The van der Waals surface area contributed by atoms with E-state index in [-0.39, 0.29) is 59.4 Å². The van der Waals surface area contributed by atoms with Crippen LogP contribution in [-0.2, 0) is 12.7 Å². The molecule has 0 amide bonds. The second-order valence-corrected chi connectivity index (χ2v) is 11.2. The Morgan fingerprint density at radius 2 is 1.58 bits per heavy atom. The van der Waals surface area contributed by atoms with Gasteiger partial charge in [0.1, 0.15) is 11.6 Å². The molecule has 2 N–H and O–H groups in total. The van der Waals surface area contributed by atoms with Crippen LogP contribution in [0.5, 0.6) is 5.75 Å². The molecule has 1 fully saturated rings. The number of hydrogen-bond acceptors (Lipinski definition) is 3. The molecule has 0 radical (unpaired) electrons. The first-order chi connectivity index (χ1) is 19.8. The van der Waals surface area contributed by atoms with E-state index in [2.05, 4.69) is 5.32 Å². The van der Waals surface area contributed by atoms with Gasteiger partial charge in [-0.05, 0) is 66.1 Å². The molecule has 2 unspecified atom stereocenters. The van der Waals surface area contributed by atoms with E-state index >= 15 is 0 Å². The van der Waals surface area contributed by atoms with Crippen LogP contribution in [0.3, 0.4) is 0 Å². The van der Waals surface area contributed by atoms with Crippen molar-refractivity contribution in [3.63, 3.8) is 0 Å². The van der Waals surface area contributed by atoms with Crippen LogP contribution in [0.2, 0.25) is 0 Å². The third-order valence-corrected chi connectivity index (χ3v) is 7.93. The lowest BCUT2D eigenvalue weighted by Gasteiger charge is -2.33. The number of allylic oxidation sites excluding steroid dienone is 3. The molecule has 0 saturated heterocycles. The van der Waals surface area contributed by atoms with Crippen LogP contribution in [0.4, 0.5) is 43.9 Å². The summed E-state index contributed by atoms with van der Waals surface area (Å²) in [4.78, 5) is 0. The maximum Gasteiger partial charge on any atom is 0.416 e. The largest absolute Gasteiger partial charge is 0.496 e. The molecule has 2 aromatic rings. The SMILES string of the molecule is COc1cc(F)c(C(C)C)cc1-c1ccc(C(F)(F)F)cc1CNC1(C(O)C2C=C(C(F)(F)F)C=C(C(F)(F)F)C2)CC1. The van der Waals surface area contributed by atoms with Gasteiger partial charge in [0.15, 0.2) is 0 Å². The number of aliphatic hydroxyl groups is 1. The highest BCUT2D eigenvalue weighted by molar-refractivity contribution is 5.75. The number of alkyl halides is 9. The molecule has 2 aliphatic rings. The minimum absolute atomic E-state index is 0.0205. The van der Waals surface area contributed by atoms with Crippen molar-refractivity contribution in [2.45, 2.75) is 75.7 Å².